The van der Waals surface area contributed by atoms with Crippen LogP contribution >= 0.6 is 47.8 Å². The molecule has 0 spiro atoms. The SMILES string of the molecule is Cn1ccnc1CCC(CBr)(CBr)c1ccc(Br)cc1. The Balaban J connectivity index is 2.21. The van der Waals surface area contributed by atoms with Crippen LogP contribution in [0, 0.1) is 0 Å². The van der Waals surface area contributed by atoms with Crippen molar-refractivity contribution in [2.75, 3.05) is 10.7 Å². The maximum Gasteiger partial charge on any atom is 0.108 e. The van der Waals surface area contributed by atoms with E-state index in [4.69, 9.17) is 0 Å². The minimum Gasteiger partial charge on any atom is -0.338 e. The molecule has 1 aromatic carbocycles. The average Bonchev–Trinajstić information content (AvgIpc) is 2.88. The van der Waals surface area contributed by atoms with Crippen LogP contribution in [0.1, 0.15) is 17.8 Å². The molecule has 108 valence electrons. The van der Waals surface area contributed by atoms with Crippen LogP contribution < -0.4 is 0 Å². The quantitative estimate of drug-likeness (QED) is 0.559. The predicted octanol–water partition coefficient (Wildman–Crippen LogP) is 4.84. The lowest BCUT2D eigenvalue weighted by Crippen LogP contribution is -2.31. The maximum atomic E-state index is 4.42. The fourth-order valence-electron chi connectivity index (χ4n) is 2.26. The van der Waals surface area contributed by atoms with Crippen LogP contribution in [0.5, 0.6) is 0 Å². The van der Waals surface area contributed by atoms with E-state index in [1.54, 1.807) is 0 Å². The van der Waals surface area contributed by atoms with Crippen molar-refractivity contribution in [3.8, 4) is 0 Å². The van der Waals surface area contributed by atoms with E-state index < -0.39 is 0 Å². The van der Waals surface area contributed by atoms with E-state index in [0.717, 1.165) is 33.8 Å². The smallest absolute Gasteiger partial charge is 0.108 e. The number of alkyl halides is 2. The molecule has 1 heterocycles. The zero-order valence-corrected chi connectivity index (χ0v) is 16.1. The van der Waals surface area contributed by atoms with Crippen molar-refractivity contribution in [3.05, 3.63) is 52.5 Å². The summed E-state index contributed by atoms with van der Waals surface area (Å²) in [5.41, 5.74) is 1.44. The molecule has 0 amide bonds. The van der Waals surface area contributed by atoms with Crippen molar-refractivity contribution in [1.29, 1.82) is 0 Å². The molecule has 2 nitrogen and oxygen atoms in total. The van der Waals surface area contributed by atoms with E-state index in [2.05, 4.69) is 81.6 Å². The van der Waals surface area contributed by atoms with Gasteiger partial charge in [0.2, 0.25) is 0 Å². The van der Waals surface area contributed by atoms with Gasteiger partial charge in [0.05, 0.1) is 0 Å². The standard InChI is InChI=1S/C15H17Br3N2/c1-20-9-8-19-14(20)6-7-15(10-16,11-17)12-2-4-13(18)5-3-12/h2-5,8-9H,6-7,10-11H2,1H3. The molecule has 0 radical (unpaired) electrons. The van der Waals surface area contributed by atoms with Gasteiger partial charge in [0.25, 0.3) is 0 Å². The number of hydrogen-bond donors (Lipinski definition) is 0. The Kier molecular flexibility index (Phi) is 5.87. The van der Waals surface area contributed by atoms with Gasteiger partial charge in [-0.2, -0.15) is 0 Å². The van der Waals surface area contributed by atoms with Crippen molar-refractivity contribution >= 4 is 47.8 Å². The third-order valence-corrected chi connectivity index (χ3v) is 6.39. The lowest BCUT2D eigenvalue weighted by Gasteiger charge is -2.30. The third kappa shape index (κ3) is 3.55. The molecule has 1 aromatic heterocycles. The molecule has 0 aliphatic rings. The molecule has 0 unspecified atom stereocenters. The molecular formula is C15H17Br3N2. The number of aryl methyl sites for hydroxylation is 2. The van der Waals surface area contributed by atoms with Crippen LogP contribution in [0.4, 0.5) is 0 Å². The number of halogens is 3. The van der Waals surface area contributed by atoms with Gasteiger partial charge in [0.1, 0.15) is 5.82 Å². The first-order valence-corrected chi connectivity index (χ1v) is 9.49. The molecule has 2 aromatic rings. The number of rotatable bonds is 6. The van der Waals surface area contributed by atoms with Crippen molar-refractivity contribution in [3.63, 3.8) is 0 Å². The van der Waals surface area contributed by atoms with Crippen LogP contribution in [0.3, 0.4) is 0 Å². The van der Waals surface area contributed by atoms with Crippen molar-refractivity contribution in [2.24, 2.45) is 7.05 Å². The molecule has 0 saturated heterocycles. The average molecular weight is 465 g/mol. The summed E-state index contributed by atoms with van der Waals surface area (Å²) < 4.78 is 3.21. The monoisotopic (exact) mass is 462 g/mol. The summed E-state index contributed by atoms with van der Waals surface area (Å²) in [4.78, 5) is 4.42. The summed E-state index contributed by atoms with van der Waals surface area (Å²) in [6.45, 7) is 0. The number of aromatic nitrogens is 2. The summed E-state index contributed by atoms with van der Waals surface area (Å²) in [6, 6.07) is 8.61. The second-order valence-electron chi connectivity index (χ2n) is 5.01. The Morgan fingerprint density at radius 3 is 2.30 bits per heavy atom. The van der Waals surface area contributed by atoms with E-state index in [1.165, 1.54) is 5.56 Å². The fourth-order valence-corrected chi connectivity index (χ4v) is 4.66. The molecule has 2 rings (SSSR count). The van der Waals surface area contributed by atoms with Crippen LogP contribution in [-0.2, 0) is 18.9 Å². The fraction of sp³-hybridized carbons (Fsp3) is 0.400. The first kappa shape index (κ1) is 16.2. The van der Waals surface area contributed by atoms with Gasteiger partial charge in [-0.15, -0.1) is 0 Å². The molecule has 0 aliphatic carbocycles. The highest BCUT2D eigenvalue weighted by Crippen LogP contribution is 2.34. The van der Waals surface area contributed by atoms with Gasteiger partial charge in [-0.05, 0) is 24.1 Å². The van der Waals surface area contributed by atoms with Gasteiger partial charge < -0.3 is 4.57 Å². The minimum atomic E-state index is 0.0899. The zero-order valence-electron chi connectivity index (χ0n) is 11.3. The topological polar surface area (TPSA) is 17.8 Å². The van der Waals surface area contributed by atoms with Gasteiger partial charge in [-0.25, -0.2) is 4.98 Å². The van der Waals surface area contributed by atoms with Crippen LogP contribution in [-0.4, -0.2) is 20.2 Å². The van der Waals surface area contributed by atoms with Gasteiger partial charge in [-0.1, -0.05) is 59.9 Å². The highest BCUT2D eigenvalue weighted by atomic mass is 79.9. The third-order valence-electron chi connectivity index (χ3n) is 3.72. The summed E-state index contributed by atoms with van der Waals surface area (Å²) in [7, 11) is 2.05. The largest absolute Gasteiger partial charge is 0.338 e. The van der Waals surface area contributed by atoms with Crippen LogP contribution in [0.2, 0.25) is 0 Å². The zero-order chi connectivity index (χ0) is 14.6. The normalized spacial score (nSPS) is 11.8. The Morgan fingerprint density at radius 1 is 1.15 bits per heavy atom. The Labute approximate surface area is 145 Å². The highest BCUT2D eigenvalue weighted by Gasteiger charge is 2.30. The lowest BCUT2D eigenvalue weighted by atomic mass is 9.80. The van der Waals surface area contributed by atoms with Gasteiger partial charge in [0.15, 0.2) is 0 Å². The second kappa shape index (κ2) is 7.23. The summed E-state index contributed by atoms with van der Waals surface area (Å²) in [5, 5.41) is 1.86. The molecule has 0 saturated carbocycles. The van der Waals surface area contributed by atoms with Crippen molar-refractivity contribution < 1.29 is 0 Å². The predicted molar refractivity (Wildman–Crippen MR) is 94.9 cm³/mol. The van der Waals surface area contributed by atoms with E-state index in [0.29, 0.717) is 0 Å². The maximum absolute atomic E-state index is 4.42. The minimum absolute atomic E-state index is 0.0899. The van der Waals surface area contributed by atoms with E-state index in [-0.39, 0.29) is 5.41 Å². The van der Waals surface area contributed by atoms with E-state index in [1.807, 2.05) is 19.4 Å². The molecule has 0 fully saturated rings. The van der Waals surface area contributed by atoms with Crippen LogP contribution in [0.15, 0.2) is 41.1 Å². The van der Waals surface area contributed by atoms with Gasteiger partial charge in [-0.3, -0.25) is 0 Å². The Morgan fingerprint density at radius 2 is 1.80 bits per heavy atom. The molecule has 0 atom stereocenters. The molecule has 20 heavy (non-hydrogen) atoms. The Hall–Kier alpha value is -0.130. The molecule has 0 aliphatic heterocycles. The lowest BCUT2D eigenvalue weighted by molar-refractivity contribution is 0.493. The molecule has 0 N–H and O–H groups in total. The summed E-state index contributed by atoms with van der Waals surface area (Å²) in [5.74, 6) is 1.13. The molecule has 5 heteroatoms. The number of hydrogen-bond acceptors (Lipinski definition) is 1. The Bertz CT molecular complexity index is 545. The van der Waals surface area contributed by atoms with Gasteiger partial charge >= 0.3 is 0 Å². The second-order valence-corrected chi connectivity index (χ2v) is 7.05. The molecule has 0 bridgehead atoms. The highest BCUT2D eigenvalue weighted by molar-refractivity contribution is 9.10. The first-order valence-electron chi connectivity index (χ1n) is 6.45. The van der Waals surface area contributed by atoms with Crippen molar-refractivity contribution in [1.82, 2.24) is 9.55 Å². The van der Waals surface area contributed by atoms with E-state index >= 15 is 0 Å². The molecular weight excluding hydrogens is 448 g/mol. The number of benzene rings is 1. The summed E-state index contributed by atoms with van der Waals surface area (Å²) >= 11 is 10.9. The number of imidazole rings is 1. The summed E-state index contributed by atoms with van der Waals surface area (Å²) in [6.07, 6.45) is 5.88. The number of nitrogens with zero attached hydrogens (tertiary/aromatic N) is 2. The van der Waals surface area contributed by atoms with Crippen molar-refractivity contribution in [2.45, 2.75) is 18.3 Å². The first-order chi connectivity index (χ1) is 9.61. The van der Waals surface area contributed by atoms with Crippen LogP contribution in [0.25, 0.3) is 0 Å². The van der Waals surface area contributed by atoms with Gasteiger partial charge in [0, 0.05) is 46.4 Å². The van der Waals surface area contributed by atoms with E-state index in [9.17, 15) is 0 Å².